The van der Waals surface area contributed by atoms with E-state index in [1.54, 1.807) is 43.3 Å². The first kappa shape index (κ1) is 14.6. The normalized spacial score (nSPS) is 10.0. The largest absolute Gasteiger partial charge is 0.478 e. The Bertz CT molecular complexity index is 677. The van der Waals surface area contributed by atoms with E-state index in [-0.39, 0.29) is 11.5 Å². The van der Waals surface area contributed by atoms with E-state index in [1.807, 2.05) is 0 Å². The number of anilines is 1. The highest BCUT2D eigenvalue weighted by Gasteiger charge is 2.07. The maximum atomic E-state index is 11.0. The number of carboxylic acid groups (broad SMARTS) is 1. The molecule has 0 unspecified atom stereocenters. The van der Waals surface area contributed by atoms with Crippen LogP contribution >= 0.6 is 0 Å². The molecule has 2 aromatic rings. The van der Waals surface area contributed by atoms with E-state index in [9.17, 15) is 9.59 Å². The topological polar surface area (TPSA) is 75.6 Å². The molecular weight excluding hydrogens is 270 g/mol. The zero-order valence-electron chi connectivity index (χ0n) is 11.7. The second-order valence-electron chi connectivity index (χ2n) is 4.65. The van der Waals surface area contributed by atoms with Gasteiger partial charge in [0, 0.05) is 12.6 Å². The Balaban J connectivity index is 2.18. The molecule has 0 aliphatic heterocycles. The Morgan fingerprint density at radius 2 is 1.71 bits per heavy atom. The number of carbonyl (C=O) groups is 2. The summed E-state index contributed by atoms with van der Waals surface area (Å²) >= 11 is 0. The molecule has 0 fully saturated rings. The standard InChI is InChI=1S/C16H15NO4/c1-10-7-12(16(19)20)9-15(8-10)21-14-5-3-13(4-6-14)17-11(2)18/h3-9H,1-2H3,(H,17,18)(H,19,20). The van der Waals surface area contributed by atoms with Crippen molar-refractivity contribution >= 4 is 17.6 Å². The highest BCUT2D eigenvalue weighted by atomic mass is 16.5. The molecule has 0 atom stereocenters. The third kappa shape index (κ3) is 4.07. The van der Waals surface area contributed by atoms with Gasteiger partial charge in [-0.2, -0.15) is 0 Å². The molecule has 0 aromatic heterocycles. The van der Waals surface area contributed by atoms with Crippen LogP contribution in [-0.4, -0.2) is 17.0 Å². The first-order valence-corrected chi connectivity index (χ1v) is 6.34. The van der Waals surface area contributed by atoms with Gasteiger partial charge in [0.2, 0.25) is 5.91 Å². The number of carboxylic acids is 1. The van der Waals surface area contributed by atoms with Crippen LogP contribution in [0.25, 0.3) is 0 Å². The van der Waals surface area contributed by atoms with E-state index >= 15 is 0 Å². The number of benzene rings is 2. The zero-order chi connectivity index (χ0) is 15.4. The van der Waals surface area contributed by atoms with Gasteiger partial charge in [-0.05, 0) is 55.0 Å². The van der Waals surface area contributed by atoms with Gasteiger partial charge in [-0.3, -0.25) is 4.79 Å². The molecule has 2 N–H and O–H groups in total. The maximum absolute atomic E-state index is 11.0. The minimum atomic E-state index is -0.996. The van der Waals surface area contributed by atoms with E-state index in [0.717, 1.165) is 5.56 Å². The van der Waals surface area contributed by atoms with Crippen molar-refractivity contribution in [3.8, 4) is 11.5 Å². The molecule has 21 heavy (non-hydrogen) atoms. The average molecular weight is 285 g/mol. The van der Waals surface area contributed by atoms with Crippen molar-refractivity contribution in [2.75, 3.05) is 5.32 Å². The van der Waals surface area contributed by atoms with E-state index in [1.165, 1.54) is 13.0 Å². The van der Waals surface area contributed by atoms with E-state index in [0.29, 0.717) is 17.2 Å². The van der Waals surface area contributed by atoms with Crippen molar-refractivity contribution in [3.05, 3.63) is 53.6 Å². The highest BCUT2D eigenvalue weighted by Crippen LogP contribution is 2.25. The molecule has 0 aliphatic rings. The second kappa shape index (κ2) is 6.09. The molecule has 2 aromatic carbocycles. The third-order valence-corrected chi connectivity index (χ3v) is 2.71. The summed E-state index contributed by atoms with van der Waals surface area (Å²) in [6, 6.07) is 11.6. The van der Waals surface area contributed by atoms with Crippen molar-refractivity contribution in [2.24, 2.45) is 0 Å². The van der Waals surface area contributed by atoms with Gasteiger partial charge in [0.25, 0.3) is 0 Å². The molecule has 0 saturated carbocycles. The summed E-state index contributed by atoms with van der Waals surface area (Å²) in [6.07, 6.45) is 0. The van der Waals surface area contributed by atoms with Crippen molar-refractivity contribution in [1.29, 1.82) is 0 Å². The van der Waals surface area contributed by atoms with Gasteiger partial charge in [0.1, 0.15) is 11.5 Å². The third-order valence-electron chi connectivity index (χ3n) is 2.71. The number of hydrogen-bond donors (Lipinski definition) is 2. The number of aryl methyl sites for hydroxylation is 1. The number of amides is 1. The predicted octanol–water partition coefficient (Wildman–Crippen LogP) is 3.44. The lowest BCUT2D eigenvalue weighted by Crippen LogP contribution is -2.05. The summed E-state index contributed by atoms with van der Waals surface area (Å²) in [6.45, 7) is 3.24. The molecule has 0 heterocycles. The molecule has 5 heteroatoms. The quantitative estimate of drug-likeness (QED) is 0.902. The average Bonchev–Trinajstić information content (AvgIpc) is 2.39. The van der Waals surface area contributed by atoms with Crippen LogP contribution in [0.4, 0.5) is 5.69 Å². The Morgan fingerprint density at radius 1 is 1.05 bits per heavy atom. The van der Waals surface area contributed by atoms with Crippen molar-refractivity contribution in [1.82, 2.24) is 0 Å². The van der Waals surface area contributed by atoms with Gasteiger partial charge in [0.15, 0.2) is 0 Å². The number of carbonyl (C=O) groups excluding carboxylic acids is 1. The number of rotatable bonds is 4. The van der Waals surface area contributed by atoms with Gasteiger partial charge in [-0.15, -0.1) is 0 Å². The molecule has 0 spiro atoms. The summed E-state index contributed by atoms with van der Waals surface area (Å²) in [5.74, 6) is -0.122. The molecule has 0 radical (unpaired) electrons. The first-order valence-electron chi connectivity index (χ1n) is 6.34. The fourth-order valence-electron chi connectivity index (χ4n) is 1.88. The minimum absolute atomic E-state index is 0.145. The predicted molar refractivity (Wildman–Crippen MR) is 79.0 cm³/mol. The summed E-state index contributed by atoms with van der Waals surface area (Å²) < 4.78 is 5.63. The van der Waals surface area contributed by atoms with Crippen molar-refractivity contribution in [3.63, 3.8) is 0 Å². The molecule has 1 amide bonds. The molecule has 2 rings (SSSR count). The fraction of sp³-hybridized carbons (Fsp3) is 0.125. The highest BCUT2D eigenvalue weighted by molar-refractivity contribution is 5.89. The molecule has 0 bridgehead atoms. The number of ether oxygens (including phenoxy) is 1. The van der Waals surface area contributed by atoms with Crippen LogP contribution in [0.3, 0.4) is 0 Å². The van der Waals surface area contributed by atoms with Crippen LogP contribution in [0.1, 0.15) is 22.8 Å². The van der Waals surface area contributed by atoms with E-state index in [2.05, 4.69) is 5.32 Å². The first-order chi connectivity index (χ1) is 9.94. The van der Waals surface area contributed by atoms with Gasteiger partial charge in [0.05, 0.1) is 5.56 Å². The monoisotopic (exact) mass is 285 g/mol. The lowest BCUT2D eigenvalue weighted by molar-refractivity contribution is -0.114. The van der Waals surface area contributed by atoms with Gasteiger partial charge < -0.3 is 15.2 Å². The summed E-state index contributed by atoms with van der Waals surface area (Å²) in [5, 5.41) is 11.7. The van der Waals surface area contributed by atoms with Crippen LogP contribution in [0.5, 0.6) is 11.5 Å². The van der Waals surface area contributed by atoms with E-state index in [4.69, 9.17) is 9.84 Å². The van der Waals surface area contributed by atoms with Gasteiger partial charge >= 0.3 is 5.97 Å². The van der Waals surface area contributed by atoms with E-state index < -0.39 is 5.97 Å². The minimum Gasteiger partial charge on any atom is -0.478 e. The van der Waals surface area contributed by atoms with Crippen LogP contribution in [-0.2, 0) is 4.79 Å². The molecule has 0 saturated heterocycles. The molecular formula is C16H15NO4. The molecule has 0 aliphatic carbocycles. The summed E-state index contributed by atoms with van der Waals surface area (Å²) in [5.41, 5.74) is 1.66. The van der Waals surface area contributed by atoms with Crippen molar-refractivity contribution in [2.45, 2.75) is 13.8 Å². The lowest BCUT2D eigenvalue weighted by Gasteiger charge is -2.09. The maximum Gasteiger partial charge on any atom is 0.335 e. The lowest BCUT2D eigenvalue weighted by atomic mass is 10.1. The van der Waals surface area contributed by atoms with Crippen LogP contribution in [0.15, 0.2) is 42.5 Å². The number of hydrogen-bond acceptors (Lipinski definition) is 3. The van der Waals surface area contributed by atoms with Gasteiger partial charge in [-0.1, -0.05) is 0 Å². The Labute approximate surface area is 122 Å². The SMILES string of the molecule is CC(=O)Nc1ccc(Oc2cc(C)cc(C(=O)O)c2)cc1. The number of nitrogens with one attached hydrogen (secondary N) is 1. The van der Waals surface area contributed by atoms with Crippen LogP contribution in [0.2, 0.25) is 0 Å². The fourth-order valence-corrected chi connectivity index (χ4v) is 1.88. The van der Waals surface area contributed by atoms with Crippen molar-refractivity contribution < 1.29 is 19.4 Å². The Hall–Kier alpha value is -2.82. The smallest absolute Gasteiger partial charge is 0.335 e. The van der Waals surface area contributed by atoms with Crippen LogP contribution in [0, 0.1) is 6.92 Å². The summed E-state index contributed by atoms with van der Waals surface area (Å²) in [7, 11) is 0. The van der Waals surface area contributed by atoms with Gasteiger partial charge in [-0.25, -0.2) is 4.79 Å². The summed E-state index contributed by atoms with van der Waals surface area (Å²) in [4.78, 5) is 21.9. The molecule has 108 valence electrons. The Kier molecular flexibility index (Phi) is 4.23. The molecule has 5 nitrogen and oxygen atoms in total. The zero-order valence-corrected chi connectivity index (χ0v) is 11.7. The number of aromatic carboxylic acids is 1. The second-order valence-corrected chi connectivity index (χ2v) is 4.65. The Morgan fingerprint density at radius 3 is 2.29 bits per heavy atom. The van der Waals surface area contributed by atoms with Crippen LogP contribution < -0.4 is 10.1 Å².